The fraction of sp³-hybridized carbons (Fsp3) is 0.263. The zero-order valence-corrected chi connectivity index (χ0v) is 14.5. The molecule has 4 rings (SSSR count). The smallest absolute Gasteiger partial charge is 0.318 e. The van der Waals surface area contributed by atoms with Gasteiger partial charge in [0.2, 0.25) is 0 Å². The summed E-state index contributed by atoms with van der Waals surface area (Å²) in [5.41, 5.74) is 3.15. The molecule has 132 valence electrons. The maximum atomic E-state index is 12.7. The second-order valence-electron chi connectivity index (χ2n) is 6.23. The van der Waals surface area contributed by atoms with Crippen LogP contribution in [0.4, 0.5) is 4.79 Å². The monoisotopic (exact) mass is 348 g/mol. The summed E-state index contributed by atoms with van der Waals surface area (Å²) in [6.45, 7) is 3.03. The van der Waals surface area contributed by atoms with Crippen molar-refractivity contribution in [1.29, 1.82) is 0 Å². The van der Waals surface area contributed by atoms with E-state index in [1.54, 1.807) is 6.20 Å². The molecule has 0 spiro atoms. The molecule has 0 saturated carbocycles. The molecule has 2 amide bonds. The lowest BCUT2D eigenvalue weighted by Gasteiger charge is -2.24. The van der Waals surface area contributed by atoms with Crippen molar-refractivity contribution in [2.45, 2.75) is 32.5 Å². The van der Waals surface area contributed by atoms with E-state index in [2.05, 4.69) is 44.5 Å². The van der Waals surface area contributed by atoms with Crippen molar-refractivity contribution in [3.63, 3.8) is 0 Å². The Balaban J connectivity index is 1.41. The van der Waals surface area contributed by atoms with Gasteiger partial charge >= 0.3 is 6.03 Å². The topological polar surface area (TPSA) is 86.8 Å². The third-order valence-electron chi connectivity index (χ3n) is 4.61. The Hall–Kier alpha value is -3.22. The van der Waals surface area contributed by atoms with E-state index < -0.39 is 0 Å². The number of H-pyrrole nitrogens is 1. The molecule has 7 heteroatoms. The van der Waals surface area contributed by atoms with Crippen molar-refractivity contribution in [1.82, 2.24) is 30.4 Å². The van der Waals surface area contributed by atoms with Gasteiger partial charge < -0.3 is 10.2 Å². The predicted molar refractivity (Wildman–Crippen MR) is 96.9 cm³/mol. The van der Waals surface area contributed by atoms with Crippen LogP contribution in [0.25, 0.3) is 11.5 Å². The van der Waals surface area contributed by atoms with E-state index >= 15 is 0 Å². The van der Waals surface area contributed by atoms with Crippen LogP contribution >= 0.6 is 0 Å². The average Bonchev–Trinajstić information content (AvgIpc) is 3.31. The molecule has 1 aliphatic heterocycles. The van der Waals surface area contributed by atoms with Crippen molar-refractivity contribution >= 4 is 6.03 Å². The average molecular weight is 348 g/mol. The molecular formula is C19H20N6O. The SMILES string of the molecule is CCC1c2ccccc2CN1C(=O)NCc1nc(-c2ccccn2)n[nH]1. The van der Waals surface area contributed by atoms with Crippen LogP contribution in [-0.4, -0.2) is 31.1 Å². The number of hydrogen-bond acceptors (Lipinski definition) is 4. The normalized spacial score (nSPS) is 15.7. The number of hydrogen-bond donors (Lipinski definition) is 2. The van der Waals surface area contributed by atoms with Crippen LogP contribution in [0, 0.1) is 0 Å². The van der Waals surface area contributed by atoms with Gasteiger partial charge in [0.05, 0.1) is 12.6 Å². The van der Waals surface area contributed by atoms with Crippen LogP contribution in [0.5, 0.6) is 0 Å². The number of aromatic nitrogens is 4. The molecule has 0 fully saturated rings. The summed E-state index contributed by atoms with van der Waals surface area (Å²) in [5, 5.41) is 9.96. The number of nitrogens with one attached hydrogen (secondary N) is 2. The summed E-state index contributed by atoms with van der Waals surface area (Å²) in [7, 11) is 0. The zero-order valence-electron chi connectivity index (χ0n) is 14.5. The molecule has 1 atom stereocenters. The van der Waals surface area contributed by atoms with Crippen LogP contribution in [0.2, 0.25) is 0 Å². The standard InChI is InChI=1S/C19H20N6O/c1-2-16-14-8-4-3-7-13(14)12-25(16)19(26)21-11-17-22-18(24-23-17)15-9-5-6-10-20-15/h3-10,16H,2,11-12H2,1H3,(H,21,26)(H,22,23,24). The van der Waals surface area contributed by atoms with Crippen molar-refractivity contribution in [2.75, 3.05) is 0 Å². The minimum atomic E-state index is -0.0937. The number of fused-ring (bicyclic) bond motifs is 1. The first kappa shape index (κ1) is 16.3. The maximum Gasteiger partial charge on any atom is 0.318 e. The molecule has 3 aromatic rings. The van der Waals surface area contributed by atoms with E-state index in [0.717, 1.165) is 6.42 Å². The molecule has 2 N–H and O–H groups in total. The third-order valence-corrected chi connectivity index (χ3v) is 4.61. The molecule has 1 aromatic carbocycles. The minimum absolute atomic E-state index is 0.0937. The number of rotatable bonds is 4. The first-order chi connectivity index (χ1) is 12.8. The van der Waals surface area contributed by atoms with Gasteiger partial charge in [-0.1, -0.05) is 37.3 Å². The van der Waals surface area contributed by atoms with E-state index in [0.29, 0.717) is 30.4 Å². The molecular weight excluding hydrogens is 328 g/mol. The third kappa shape index (κ3) is 3.03. The highest BCUT2D eigenvalue weighted by atomic mass is 16.2. The van der Waals surface area contributed by atoms with Crippen LogP contribution in [0.1, 0.15) is 36.3 Å². The van der Waals surface area contributed by atoms with Crippen molar-refractivity contribution in [3.8, 4) is 11.5 Å². The van der Waals surface area contributed by atoms with Gasteiger partial charge in [-0.25, -0.2) is 9.78 Å². The van der Waals surface area contributed by atoms with Gasteiger partial charge in [-0.05, 0) is 29.7 Å². The highest BCUT2D eigenvalue weighted by molar-refractivity contribution is 5.75. The molecule has 7 nitrogen and oxygen atoms in total. The number of pyridine rings is 1. The predicted octanol–water partition coefficient (Wildman–Crippen LogP) is 3.04. The Morgan fingerprint density at radius 2 is 2.12 bits per heavy atom. The summed E-state index contributed by atoms with van der Waals surface area (Å²) in [6.07, 6.45) is 2.58. The minimum Gasteiger partial charge on any atom is -0.331 e. The Morgan fingerprint density at radius 1 is 1.27 bits per heavy atom. The van der Waals surface area contributed by atoms with Crippen molar-refractivity contribution in [3.05, 3.63) is 65.6 Å². The number of nitrogens with zero attached hydrogens (tertiary/aromatic N) is 4. The fourth-order valence-corrected chi connectivity index (χ4v) is 3.36. The highest BCUT2D eigenvalue weighted by Gasteiger charge is 2.31. The summed E-state index contributed by atoms with van der Waals surface area (Å²) in [4.78, 5) is 23.2. The van der Waals surface area contributed by atoms with E-state index in [4.69, 9.17) is 0 Å². The molecule has 3 heterocycles. The summed E-state index contributed by atoms with van der Waals surface area (Å²) < 4.78 is 0. The molecule has 0 aliphatic carbocycles. The number of carbonyl (C=O) groups excluding carboxylic acids is 1. The van der Waals surface area contributed by atoms with E-state index in [9.17, 15) is 4.79 Å². The molecule has 1 unspecified atom stereocenters. The van der Waals surface area contributed by atoms with Gasteiger partial charge in [-0.2, -0.15) is 5.10 Å². The summed E-state index contributed by atoms with van der Waals surface area (Å²) in [6, 6.07) is 13.8. The van der Waals surface area contributed by atoms with Crippen LogP contribution in [-0.2, 0) is 13.1 Å². The Bertz CT molecular complexity index is 907. The van der Waals surface area contributed by atoms with E-state index in [1.165, 1.54) is 11.1 Å². The fourth-order valence-electron chi connectivity index (χ4n) is 3.36. The van der Waals surface area contributed by atoms with Gasteiger partial charge in [0.15, 0.2) is 5.82 Å². The summed E-state index contributed by atoms with van der Waals surface area (Å²) >= 11 is 0. The summed E-state index contributed by atoms with van der Waals surface area (Å²) in [5.74, 6) is 1.12. The Kier molecular flexibility index (Phi) is 4.35. The lowest BCUT2D eigenvalue weighted by atomic mass is 10.0. The van der Waals surface area contributed by atoms with Crippen molar-refractivity contribution < 1.29 is 4.79 Å². The second kappa shape index (κ2) is 6.95. The molecule has 26 heavy (non-hydrogen) atoms. The first-order valence-electron chi connectivity index (χ1n) is 8.71. The van der Waals surface area contributed by atoms with E-state index in [-0.39, 0.29) is 12.1 Å². The van der Waals surface area contributed by atoms with Gasteiger partial charge in [-0.3, -0.25) is 10.1 Å². The lowest BCUT2D eigenvalue weighted by Crippen LogP contribution is -2.38. The van der Waals surface area contributed by atoms with Gasteiger partial charge in [0, 0.05) is 12.7 Å². The molecule has 0 saturated heterocycles. The number of aromatic amines is 1. The molecule has 1 aliphatic rings. The van der Waals surface area contributed by atoms with Crippen molar-refractivity contribution in [2.24, 2.45) is 0 Å². The highest BCUT2D eigenvalue weighted by Crippen LogP contribution is 2.35. The maximum absolute atomic E-state index is 12.7. The largest absolute Gasteiger partial charge is 0.331 e. The Morgan fingerprint density at radius 3 is 2.92 bits per heavy atom. The van der Waals surface area contributed by atoms with Gasteiger partial charge in [0.1, 0.15) is 11.5 Å². The molecule has 2 aromatic heterocycles. The number of amides is 2. The van der Waals surface area contributed by atoms with Gasteiger partial charge in [0.25, 0.3) is 0 Å². The molecule has 0 radical (unpaired) electrons. The lowest BCUT2D eigenvalue weighted by molar-refractivity contribution is 0.178. The van der Waals surface area contributed by atoms with E-state index in [1.807, 2.05) is 35.2 Å². The van der Waals surface area contributed by atoms with Crippen LogP contribution in [0.15, 0.2) is 48.7 Å². The zero-order chi connectivity index (χ0) is 17.9. The quantitative estimate of drug-likeness (QED) is 0.759. The number of urea groups is 1. The first-order valence-corrected chi connectivity index (χ1v) is 8.71. The van der Waals surface area contributed by atoms with Crippen LogP contribution in [0.3, 0.4) is 0 Å². The molecule has 0 bridgehead atoms. The van der Waals surface area contributed by atoms with Gasteiger partial charge in [-0.15, -0.1) is 0 Å². The number of carbonyl (C=O) groups is 1. The Labute approximate surface area is 151 Å². The second-order valence-corrected chi connectivity index (χ2v) is 6.23. The number of benzene rings is 1. The van der Waals surface area contributed by atoms with Crippen LogP contribution < -0.4 is 5.32 Å².